The zero-order chi connectivity index (χ0) is 20.0. The van der Waals surface area contributed by atoms with E-state index in [0.29, 0.717) is 0 Å². The standard InChI is InChI=1S/C24H28O3/c1-15-12-16(2)21(20(25)13-15)22-18(14-24(5,27)23(3,4)26)11-10-17-8-6-7-9-19(17)22/h6-13,25-27H,14H2,1-5H3. The number of hydrogen-bond donors (Lipinski definition) is 3. The van der Waals surface area contributed by atoms with Crippen molar-refractivity contribution < 1.29 is 15.3 Å². The van der Waals surface area contributed by atoms with E-state index in [0.717, 1.165) is 38.6 Å². The van der Waals surface area contributed by atoms with E-state index in [-0.39, 0.29) is 12.2 Å². The van der Waals surface area contributed by atoms with Crippen LogP contribution >= 0.6 is 0 Å². The molecule has 3 rings (SSSR count). The zero-order valence-electron chi connectivity index (χ0n) is 16.7. The van der Waals surface area contributed by atoms with Gasteiger partial charge in [-0.3, -0.25) is 0 Å². The number of aliphatic hydroxyl groups is 2. The predicted molar refractivity (Wildman–Crippen MR) is 111 cm³/mol. The van der Waals surface area contributed by atoms with Crippen LogP contribution in [0.4, 0.5) is 0 Å². The highest BCUT2D eigenvalue weighted by molar-refractivity contribution is 6.00. The Balaban J connectivity index is 2.33. The summed E-state index contributed by atoms with van der Waals surface area (Å²) in [6, 6.07) is 15.9. The highest BCUT2D eigenvalue weighted by Crippen LogP contribution is 2.42. The molecular formula is C24H28O3. The maximum atomic E-state index is 10.9. The molecular weight excluding hydrogens is 336 g/mol. The topological polar surface area (TPSA) is 60.7 Å². The molecule has 0 spiro atoms. The third-order valence-electron chi connectivity index (χ3n) is 5.58. The van der Waals surface area contributed by atoms with Crippen molar-refractivity contribution in [2.24, 2.45) is 0 Å². The molecule has 0 aliphatic heterocycles. The summed E-state index contributed by atoms with van der Waals surface area (Å²) in [5.74, 6) is 0.230. The van der Waals surface area contributed by atoms with E-state index >= 15 is 0 Å². The molecule has 0 radical (unpaired) electrons. The summed E-state index contributed by atoms with van der Waals surface area (Å²) in [6.45, 7) is 8.82. The second kappa shape index (κ2) is 6.66. The van der Waals surface area contributed by atoms with Gasteiger partial charge in [0.2, 0.25) is 0 Å². The molecule has 3 nitrogen and oxygen atoms in total. The number of aromatic hydroxyl groups is 1. The summed E-state index contributed by atoms with van der Waals surface area (Å²) in [4.78, 5) is 0. The SMILES string of the molecule is Cc1cc(C)c(-c2c(CC(C)(O)C(C)(C)O)ccc3ccccc23)c(O)c1. The molecule has 0 amide bonds. The first-order valence-electron chi connectivity index (χ1n) is 9.27. The molecule has 0 heterocycles. The number of hydrogen-bond acceptors (Lipinski definition) is 3. The molecule has 3 N–H and O–H groups in total. The van der Waals surface area contributed by atoms with Gasteiger partial charge < -0.3 is 15.3 Å². The number of fused-ring (bicyclic) bond motifs is 1. The summed E-state index contributed by atoms with van der Waals surface area (Å²) < 4.78 is 0. The van der Waals surface area contributed by atoms with Crippen LogP contribution in [0, 0.1) is 13.8 Å². The molecule has 0 saturated carbocycles. The van der Waals surface area contributed by atoms with E-state index in [1.807, 2.05) is 50.2 Å². The number of phenols is 1. The highest BCUT2D eigenvalue weighted by Gasteiger charge is 2.38. The lowest BCUT2D eigenvalue weighted by molar-refractivity contribution is -0.118. The quantitative estimate of drug-likeness (QED) is 0.617. The number of rotatable bonds is 4. The minimum absolute atomic E-state index is 0.230. The average molecular weight is 364 g/mol. The zero-order valence-corrected chi connectivity index (χ0v) is 16.7. The van der Waals surface area contributed by atoms with Crippen LogP contribution in [0.5, 0.6) is 5.75 Å². The van der Waals surface area contributed by atoms with Crippen LogP contribution in [0.2, 0.25) is 0 Å². The van der Waals surface area contributed by atoms with Gasteiger partial charge in [0.1, 0.15) is 5.75 Å². The van der Waals surface area contributed by atoms with Crippen molar-refractivity contribution in [3.8, 4) is 16.9 Å². The number of benzene rings is 3. The van der Waals surface area contributed by atoms with E-state index in [2.05, 4.69) is 6.07 Å². The van der Waals surface area contributed by atoms with Gasteiger partial charge in [-0.25, -0.2) is 0 Å². The Bertz CT molecular complexity index is 971. The normalized spacial score (nSPS) is 14.3. The van der Waals surface area contributed by atoms with Crippen molar-refractivity contribution in [1.82, 2.24) is 0 Å². The lowest BCUT2D eigenvalue weighted by Crippen LogP contribution is -2.49. The van der Waals surface area contributed by atoms with Crippen molar-refractivity contribution in [3.63, 3.8) is 0 Å². The van der Waals surface area contributed by atoms with Gasteiger partial charge in [0.15, 0.2) is 0 Å². The predicted octanol–water partition coefficient (Wildman–Crippen LogP) is 4.89. The molecule has 3 heteroatoms. The summed E-state index contributed by atoms with van der Waals surface area (Å²) in [5.41, 5.74) is 1.97. The fourth-order valence-corrected chi connectivity index (χ4v) is 3.62. The van der Waals surface area contributed by atoms with Gasteiger partial charge in [-0.15, -0.1) is 0 Å². The molecule has 1 unspecified atom stereocenters. The third-order valence-corrected chi connectivity index (χ3v) is 5.58. The Morgan fingerprint density at radius 2 is 1.52 bits per heavy atom. The van der Waals surface area contributed by atoms with Crippen molar-refractivity contribution in [3.05, 3.63) is 65.2 Å². The van der Waals surface area contributed by atoms with Crippen LogP contribution in [-0.4, -0.2) is 26.5 Å². The van der Waals surface area contributed by atoms with Crippen molar-refractivity contribution in [2.75, 3.05) is 0 Å². The highest BCUT2D eigenvalue weighted by atomic mass is 16.4. The van der Waals surface area contributed by atoms with Crippen molar-refractivity contribution in [2.45, 2.75) is 52.2 Å². The summed E-state index contributed by atoms with van der Waals surface area (Å²) in [5, 5.41) is 34.2. The molecule has 3 aromatic rings. The van der Waals surface area contributed by atoms with E-state index in [4.69, 9.17) is 0 Å². The Kier molecular flexibility index (Phi) is 4.79. The Morgan fingerprint density at radius 1 is 0.852 bits per heavy atom. The van der Waals surface area contributed by atoms with E-state index in [9.17, 15) is 15.3 Å². The molecule has 0 saturated heterocycles. The molecule has 1 atom stereocenters. The van der Waals surface area contributed by atoms with Gasteiger partial charge in [0.05, 0.1) is 11.2 Å². The summed E-state index contributed by atoms with van der Waals surface area (Å²) >= 11 is 0. The van der Waals surface area contributed by atoms with Gasteiger partial charge in [0, 0.05) is 12.0 Å². The minimum Gasteiger partial charge on any atom is -0.507 e. The van der Waals surface area contributed by atoms with E-state index in [1.54, 1.807) is 26.8 Å². The van der Waals surface area contributed by atoms with Gasteiger partial charge >= 0.3 is 0 Å². The first-order chi connectivity index (χ1) is 12.5. The second-order valence-corrected chi connectivity index (χ2v) is 8.31. The third kappa shape index (κ3) is 3.58. The van der Waals surface area contributed by atoms with E-state index in [1.165, 1.54) is 0 Å². The van der Waals surface area contributed by atoms with Crippen LogP contribution < -0.4 is 0 Å². The average Bonchev–Trinajstić information content (AvgIpc) is 2.54. The lowest BCUT2D eigenvalue weighted by Gasteiger charge is -2.36. The maximum absolute atomic E-state index is 10.9. The molecule has 27 heavy (non-hydrogen) atoms. The second-order valence-electron chi connectivity index (χ2n) is 8.31. The summed E-state index contributed by atoms with van der Waals surface area (Å²) in [6.07, 6.45) is 0.267. The molecule has 0 fully saturated rings. The van der Waals surface area contributed by atoms with Crippen LogP contribution in [0.3, 0.4) is 0 Å². The molecule has 3 aromatic carbocycles. The molecule has 142 valence electrons. The fraction of sp³-hybridized carbons (Fsp3) is 0.333. The summed E-state index contributed by atoms with van der Waals surface area (Å²) in [7, 11) is 0. The first kappa shape index (κ1) is 19.4. The van der Waals surface area contributed by atoms with Crippen LogP contribution in [-0.2, 0) is 6.42 Å². The number of aryl methyl sites for hydroxylation is 2. The molecule has 0 bridgehead atoms. The number of phenolic OH excluding ortho intramolecular Hbond substituents is 1. The Morgan fingerprint density at radius 3 is 2.15 bits per heavy atom. The van der Waals surface area contributed by atoms with E-state index < -0.39 is 11.2 Å². The van der Waals surface area contributed by atoms with Gasteiger partial charge in [-0.05, 0) is 73.7 Å². The van der Waals surface area contributed by atoms with Crippen molar-refractivity contribution in [1.29, 1.82) is 0 Å². The minimum atomic E-state index is -1.32. The Hall–Kier alpha value is -2.36. The molecule has 0 aliphatic carbocycles. The van der Waals surface area contributed by atoms with Gasteiger partial charge in [-0.1, -0.05) is 42.5 Å². The van der Waals surface area contributed by atoms with Crippen LogP contribution in [0.25, 0.3) is 21.9 Å². The largest absolute Gasteiger partial charge is 0.507 e. The fourth-order valence-electron chi connectivity index (χ4n) is 3.62. The first-order valence-corrected chi connectivity index (χ1v) is 9.27. The van der Waals surface area contributed by atoms with Gasteiger partial charge in [-0.2, -0.15) is 0 Å². The van der Waals surface area contributed by atoms with Crippen LogP contribution in [0.1, 0.15) is 37.5 Å². The van der Waals surface area contributed by atoms with Crippen LogP contribution in [0.15, 0.2) is 48.5 Å². The van der Waals surface area contributed by atoms with Crippen molar-refractivity contribution >= 4 is 10.8 Å². The molecule has 0 aliphatic rings. The maximum Gasteiger partial charge on any atom is 0.123 e. The Labute approximate surface area is 160 Å². The lowest BCUT2D eigenvalue weighted by atomic mass is 9.79. The monoisotopic (exact) mass is 364 g/mol. The smallest absolute Gasteiger partial charge is 0.123 e. The molecule has 0 aromatic heterocycles. The van der Waals surface area contributed by atoms with Gasteiger partial charge in [0.25, 0.3) is 0 Å².